The molecule has 0 aliphatic heterocycles. The van der Waals surface area contributed by atoms with E-state index in [1.165, 1.54) is 16.3 Å². The zero-order valence-corrected chi connectivity index (χ0v) is 12.1. The second-order valence-electron chi connectivity index (χ2n) is 3.44. The lowest BCUT2D eigenvalue weighted by atomic mass is 10.3. The van der Waals surface area contributed by atoms with Gasteiger partial charge in [0.25, 0.3) is 0 Å². The van der Waals surface area contributed by atoms with E-state index < -0.39 is 0 Å². The molecule has 0 bridgehead atoms. The molecule has 0 aliphatic carbocycles. The first-order valence-electron chi connectivity index (χ1n) is 5.69. The van der Waals surface area contributed by atoms with Crippen molar-refractivity contribution in [3.8, 4) is 6.07 Å². The average Bonchev–Trinajstić information content (AvgIpc) is 2.69. The molecule has 2 aromatic heterocycles. The third-order valence-corrected chi connectivity index (χ3v) is 3.22. The van der Waals surface area contributed by atoms with Gasteiger partial charge < -0.3 is 5.73 Å². The Morgan fingerprint density at radius 2 is 1.94 bits per heavy atom. The summed E-state index contributed by atoms with van der Waals surface area (Å²) < 4.78 is 1.53. The molecule has 0 aromatic carbocycles. The van der Waals surface area contributed by atoms with Crippen molar-refractivity contribution in [3.63, 3.8) is 0 Å². The van der Waals surface area contributed by atoms with Gasteiger partial charge in [0, 0.05) is 5.56 Å². The molecular weight excluding hydrogens is 246 g/mol. The second-order valence-corrected chi connectivity index (χ2v) is 4.23. The number of hydrogen-bond donors (Lipinski definition) is 1. The molecule has 2 heterocycles. The molecule has 0 unspecified atom stereocenters. The third kappa shape index (κ3) is 2.14. The summed E-state index contributed by atoms with van der Waals surface area (Å²) in [6.07, 6.45) is 1.87. The molecule has 0 fully saturated rings. The van der Waals surface area contributed by atoms with Gasteiger partial charge in [-0.05, 0) is 20.1 Å². The molecule has 18 heavy (non-hydrogen) atoms. The Kier molecular flexibility index (Phi) is 4.56. The number of thioether (sulfide) groups is 1. The first-order chi connectivity index (χ1) is 8.60. The van der Waals surface area contributed by atoms with E-state index in [4.69, 9.17) is 11.0 Å². The second kappa shape index (κ2) is 5.74. The SMILES string of the molecule is CC.CSc1nc2c(C)c(C)nn2c(N)c1C#N. The number of nitriles is 1. The highest BCUT2D eigenvalue weighted by Crippen LogP contribution is 2.25. The highest BCUT2D eigenvalue weighted by Gasteiger charge is 2.16. The van der Waals surface area contributed by atoms with Crippen LogP contribution in [0.4, 0.5) is 5.82 Å². The van der Waals surface area contributed by atoms with Gasteiger partial charge in [-0.25, -0.2) is 4.98 Å². The molecule has 0 saturated heterocycles. The maximum Gasteiger partial charge on any atom is 0.161 e. The predicted molar refractivity (Wildman–Crippen MR) is 74.7 cm³/mol. The van der Waals surface area contributed by atoms with E-state index in [0.717, 1.165) is 16.9 Å². The fourth-order valence-corrected chi connectivity index (χ4v) is 2.04. The van der Waals surface area contributed by atoms with Gasteiger partial charge in [-0.1, -0.05) is 13.8 Å². The Balaban J connectivity index is 0.000000771. The predicted octanol–water partition coefficient (Wildman–Crippen LogP) is 2.55. The highest BCUT2D eigenvalue weighted by atomic mass is 32.2. The molecule has 6 heteroatoms. The van der Waals surface area contributed by atoms with Gasteiger partial charge in [-0.15, -0.1) is 11.8 Å². The van der Waals surface area contributed by atoms with Crippen molar-refractivity contribution in [1.29, 1.82) is 5.26 Å². The Morgan fingerprint density at radius 1 is 1.33 bits per heavy atom. The largest absolute Gasteiger partial charge is 0.382 e. The number of anilines is 1. The van der Waals surface area contributed by atoms with Gasteiger partial charge in [0.1, 0.15) is 22.5 Å². The van der Waals surface area contributed by atoms with Gasteiger partial charge in [-0.3, -0.25) is 0 Å². The zero-order valence-electron chi connectivity index (χ0n) is 11.3. The summed E-state index contributed by atoms with van der Waals surface area (Å²) in [4.78, 5) is 4.41. The summed E-state index contributed by atoms with van der Waals surface area (Å²) in [6, 6.07) is 2.07. The standard InChI is InChI=1S/C10H11N5S.C2H6/c1-5-6(2)14-15-8(12)7(4-11)10(16-3)13-9(5)15;1-2/h12H2,1-3H3;1-2H3. The summed E-state index contributed by atoms with van der Waals surface area (Å²) in [6.45, 7) is 7.84. The molecule has 0 radical (unpaired) electrons. The van der Waals surface area contributed by atoms with Crippen LogP contribution in [0, 0.1) is 25.2 Å². The summed E-state index contributed by atoms with van der Waals surface area (Å²) in [7, 11) is 0. The van der Waals surface area contributed by atoms with Crippen LogP contribution in [0.3, 0.4) is 0 Å². The van der Waals surface area contributed by atoms with Crippen molar-refractivity contribution in [1.82, 2.24) is 14.6 Å². The Hall–Kier alpha value is -1.74. The van der Waals surface area contributed by atoms with Crippen LogP contribution in [0.25, 0.3) is 5.65 Å². The van der Waals surface area contributed by atoms with E-state index in [2.05, 4.69) is 16.2 Å². The lowest BCUT2D eigenvalue weighted by molar-refractivity contribution is 0.904. The van der Waals surface area contributed by atoms with Gasteiger partial charge in [0.2, 0.25) is 0 Å². The molecular formula is C12H17N5S. The van der Waals surface area contributed by atoms with Crippen molar-refractivity contribution in [2.24, 2.45) is 0 Å². The first-order valence-corrected chi connectivity index (χ1v) is 6.92. The molecule has 0 saturated carbocycles. The van der Waals surface area contributed by atoms with E-state index in [9.17, 15) is 0 Å². The minimum Gasteiger partial charge on any atom is -0.382 e. The summed E-state index contributed by atoms with van der Waals surface area (Å²) in [5.74, 6) is 0.355. The Morgan fingerprint density at radius 3 is 2.44 bits per heavy atom. The maximum atomic E-state index is 9.04. The van der Waals surface area contributed by atoms with E-state index in [0.29, 0.717) is 16.4 Å². The lowest BCUT2D eigenvalue weighted by Gasteiger charge is -2.05. The van der Waals surface area contributed by atoms with Crippen molar-refractivity contribution in [2.45, 2.75) is 32.7 Å². The van der Waals surface area contributed by atoms with Gasteiger partial charge >= 0.3 is 0 Å². The van der Waals surface area contributed by atoms with Crippen molar-refractivity contribution in [3.05, 3.63) is 16.8 Å². The molecule has 96 valence electrons. The number of fused-ring (bicyclic) bond motifs is 1. The minimum atomic E-state index is 0.355. The quantitative estimate of drug-likeness (QED) is 0.631. The minimum absolute atomic E-state index is 0.355. The van der Waals surface area contributed by atoms with Crippen LogP contribution in [0.2, 0.25) is 0 Å². The van der Waals surface area contributed by atoms with Crippen LogP contribution < -0.4 is 5.73 Å². The Bertz CT molecular complexity index is 609. The molecule has 0 atom stereocenters. The van der Waals surface area contributed by atoms with Crippen LogP contribution in [0.15, 0.2) is 5.03 Å². The molecule has 2 rings (SSSR count). The van der Waals surface area contributed by atoms with Crippen LogP contribution in [-0.2, 0) is 0 Å². The highest BCUT2D eigenvalue weighted by molar-refractivity contribution is 7.98. The topological polar surface area (TPSA) is 80.0 Å². The normalized spacial score (nSPS) is 9.78. The third-order valence-electron chi connectivity index (χ3n) is 2.54. The summed E-state index contributed by atoms with van der Waals surface area (Å²) in [5.41, 5.74) is 8.89. The number of aryl methyl sites for hydroxylation is 2. The van der Waals surface area contributed by atoms with E-state index in [-0.39, 0.29) is 0 Å². The number of nitrogens with two attached hydrogens (primary N) is 1. The zero-order chi connectivity index (χ0) is 13.9. The lowest BCUT2D eigenvalue weighted by Crippen LogP contribution is -2.05. The molecule has 5 nitrogen and oxygen atoms in total. The summed E-state index contributed by atoms with van der Waals surface area (Å²) >= 11 is 1.41. The number of hydrogen-bond acceptors (Lipinski definition) is 5. The van der Waals surface area contributed by atoms with E-state index in [1.807, 2.05) is 34.0 Å². The van der Waals surface area contributed by atoms with Crippen LogP contribution in [0.5, 0.6) is 0 Å². The number of nitrogen functional groups attached to an aromatic ring is 1. The fraction of sp³-hybridized carbons (Fsp3) is 0.417. The van der Waals surface area contributed by atoms with E-state index in [1.54, 1.807) is 0 Å². The van der Waals surface area contributed by atoms with Crippen LogP contribution in [0.1, 0.15) is 30.7 Å². The van der Waals surface area contributed by atoms with Gasteiger partial charge in [0.05, 0.1) is 5.69 Å². The molecule has 0 aliphatic rings. The molecule has 2 aromatic rings. The number of rotatable bonds is 1. The molecule has 2 N–H and O–H groups in total. The fourth-order valence-electron chi connectivity index (χ4n) is 1.51. The van der Waals surface area contributed by atoms with Crippen molar-refractivity contribution in [2.75, 3.05) is 12.0 Å². The van der Waals surface area contributed by atoms with Crippen molar-refractivity contribution < 1.29 is 0 Å². The van der Waals surface area contributed by atoms with Crippen molar-refractivity contribution >= 4 is 23.2 Å². The first kappa shape index (κ1) is 14.3. The van der Waals surface area contributed by atoms with E-state index >= 15 is 0 Å². The number of aromatic nitrogens is 3. The van der Waals surface area contributed by atoms with Crippen LogP contribution >= 0.6 is 11.8 Å². The molecule has 0 spiro atoms. The smallest absolute Gasteiger partial charge is 0.161 e. The van der Waals surface area contributed by atoms with Crippen LogP contribution in [-0.4, -0.2) is 20.9 Å². The van der Waals surface area contributed by atoms with Gasteiger partial charge in [0.15, 0.2) is 5.65 Å². The molecule has 0 amide bonds. The van der Waals surface area contributed by atoms with Gasteiger partial charge in [-0.2, -0.15) is 14.9 Å². The average molecular weight is 263 g/mol. The monoisotopic (exact) mass is 263 g/mol. The number of nitrogens with zero attached hydrogens (tertiary/aromatic N) is 4. The Labute approximate surface area is 111 Å². The maximum absolute atomic E-state index is 9.04. The summed E-state index contributed by atoms with van der Waals surface area (Å²) in [5, 5.41) is 14.0.